The van der Waals surface area contributed by atoms with E-state index in [0.29, 0.717) is 6.10 Å². The Kier molecular flexibility index (Phi) is 2.14. The number of nitrogens with zero attached hydrogens (tertiary/aromatic N) is 1. The molecule has 0 amide bonds. The van der Waals surface area contributed by atoms with Crippen molar-refractivity contribution >= 4 is 0 Å². The Labute approximate surface area is 95.8 Å². The summed E-state index contributed by atoms with van der Waals surface area (Å²) in [7, 11) is 0. The number of hydrogen-bond acceptors (Lipinski definition) is 2. The van der Waals surface area contributed by atoms with Crippen LogP contribution in [0.5, 0.6) is 5.75 Å². The molecule has 2 heteroatoms. The molecule has 0 N–H and O–H groups in total. The molecule has 16 heavy (non-hydrogen) atoms. The van der Waals surface area contributed by atoms with E-state index in [-0.39, 0.29) is 5.41 Å². The zero-order valence-corrected chi connectivity index (χ0v) is 9.28. The molecule has 1 aromatic rings. The first-order chi connectivity index (χ1) is 7.82. The smallest absolute Gasteiger partial charge is 0.119 e. The lowest BCUT2D eigenvalue weighted by molar-refractivity contribution is 0.120. The number of rotatable bonds is 3. The van der Waals surface area contributed by atoms with Crippen LogP contribution in [-0.2, 0) is 5.41 Å². The minimum atomic E-state index is -0.172. The number of nitriles is 1. The van der Waals surface area contributed by atoms with Crippen LogP contribution in [0.1, 0.15) is 37.7 Å². The van der Waals surface area contributed by atoms with E-state index in [1.165, 1.54) is 19.3 Å². The van der Waals surface area contributed by atoms with Crippen molar-refractivity contribution in [3.8, 4) is 11.8 Å². The van der Waals surface area contributed by atoms with Gasteiger partial charge in [-0.05, 0) is 49.8 Å². The van der Waals surface area contributed by atoms with Crippen LogP contribution in [0.4, 0.5) is 0 Å². The van der Waals surface area contributed by atoms with Crippen LogP contribution in [0, 0.1) is 11.3 Å². The SMILES string of the molecule is N#CC1(c2ccc(OC3CCC3)cc2)CC1. The summed E-state index contributed by atoms with van der Waals surface area (Å²) in [5, 5.41) is 9.09. The molecule has 0 atom stereocenters. The molecule has 2 aliphatic carbocycles. The molecule has 2 saturated carbocycles. The third-order valence-corrected chi connectivity index (χ3v) is 3.73. The Balaban J connectivity index is 1.72. The highest BCUT2D eigenvalue weighted by Gasteiger charge is 2.44. The van der Waals surface area contributed by atoms with E-state index < -0.39 is 0 Å². The van der Waals surface area contributed by atoms with Gasteiger partial charge in [0.25, 0.3) is 0 Å². The van der Waals surface area contributed by atoms with E-state index in [2.05, 4.69) is 6.07 Å². The van der Waals surface area contributed by atoms with Crippen molar-refractivity contribution < 1.29 is 4.74 Å². The number of benzene rings is 1. The van der Waals surface area contributed by atoms with E-state index in [1.54, 1.807) is 0 Å². The molecule has 0 spiro atoms. The topological polar surface area (TPSA) is 33.0 Å². The first-order valence-corrected chi connectivity index (χ1v) is 6.01. The van der Waals surface area contributed by atoms with Gasteiger partial charge in [0.05, 0.1) is 17.6 Å². The second-order valence-corrected chi connectivity index (χ2v) is 4.89. The van der Waals surface area contributed by atoms with Crippen LogP contribution in [0.2, 0.25) is 0 Å². The van der Waals surface area contributed by atoms with Gasteiger partial charge >= 0.3 is 0 Å². The fraction of sp³-hybridized carbons (Fsp3) is 0.500. The summed E-state index contributed by atoms with van der Waals surface area (Å²) >= 11 is 0. The second-order valence-electron chi connectivity index (χ2n) is 4.89. The lowest BCUT2D eigenvalue weighted by atomic mass is 9.96. The van der Waals surface area contributed by atoms with Crippen LogP contribution in [-0.4, -0.2) is 6.10 Å². The van der Waals surface area contributed by atoms with Crippen molar-refractivity contribution in [1.82, 2.24) is 0 Å². The molecule has 0 aromatic heterocycles. The van der Waals surface area contributed by atoms with Gasteiger partial charge < -0.3 is 4.74 Å². The molecule has 0 radical (unpaired) electrons. The summed E-state index contributed by atoms with van der Waals surface area (Å²) in [4.78, 5) is 0. The van der Waals surface area contributed by atoms with Crippen molar-refractivity contribution in [3.63, 3.8) is 0 Å². The average molecular weight is 213 g/mol. The fourth-order valence-electron chi connectivity index (χ4n) is 2.12. The molecule has 1 aromatic carbocycles. The maximum absolute atomic E-state index is 9.09. The Morgan fingerprint density at radius 1 is 1.19 bits per heavy atom. The highest BCUT2D eigenvalue weighted by Crippen LogP contribution is 2.47. The molecule has 2 nitrogen and oxygen atoms in total. The zero-order valence-electron chi connectivity index (χ0n) is 9.28. The predicted molar refractivity (Wildman–Crippen MR) is 61.2 cm³/mol. The summed E-state index contributed by atoms with van der Waals surface area (Å²) in [5.74, 6) is 0.946. The van der Waals surface area contributed by atoms with Gasteiger partial charge in [-0.15, -0.1) is 0 Å². The average Bonchev–Trinajstić information content (AvgIpc) is 3.05. The van der Waals surface area contributed by atoms with E-state index in [0.717, 1.165) is 24.2 Å². The zero-order chi connectivity index (χ0) is 11.0. The van der Waals surface area contributed by atoms with Crippen LogP contribution in [0.25, 0.3) is 0 Å². The van der Waals surface area contributed by atoms with E-state index >= 15 is 0 Å². The largest absolute Gasteiger partial charge is 0.490 e. The van der Waals surface area contributed by atoms with E-state index in [1.807, 2.05) is 24.3 Å². The maximum Gasteiger partial charge on any atom is 0.119 e. The molecular formula is C14H15NO. The Morgan fingerprint density at radius 3 is 2.31 bits per heavy atom. The standard InChI is InChI=1S/C14H15NO/c15-10-14(8-9-14)11-4-6-13(7-5-11)16-12-2-1-3-12/h4-7,12H,1-3,8-9H2. The van der Waals surface area contributed by atoms with Gasteiger partial charge in [0.2, 0.25) is 0 Å². The maximum atomic E-state index is 9.09. The highest BCUT2D eigenvalue weighted by atomic mass is 16.5. The molecule has 0 unspecified atom stereocenters. The second kappa shape index (κ2) is 3.52. The summed E-state index contributed by atoms with van der Waals surface area (Å²) in [6.07, 6.45) is 6.10. The van der Waals surface area contributed by atoms with Gasteiger partial charge in [-0.25, -0.2) is 0 Å². The molecule has 82 valence electrons. The summed E-state index contributed by atoms with van der Waals surface area (Å²) in [6.45, 7) is 0. The molecule has 0 bridgehead atoms. The lowest BCUT2D eigenvalue weighted by Gasteiger charge is -2.26. The van der Waals surface area contributed by atoms with Crippen molar-refractivity contribution in [2.75, 3.05) is 0 Å². The van der Waals surface area contributed by atoms with Gasteiger partial charge in [0, 0.05) is 0 Å². The minimum Gasteiger partial charge on any atom is -0.490 e. The molecule has 0 heterocycles. The van der Waals surface area contributed by atoms with E-state index in [9.17, 15) is 0 Å². The van der Waals surface area contributed by atoms with Crippen molar-refractivity contribution in [2.45, 2.75) is 43.6 Å². The van der Waals surface area contributed by atoms with Gasteiger partial charge in [-0.3, -0.25) is 0 Å². The number of ether oxygens (including phenoxy) is 1. The number of hydrogen-bond donors (Lipinski definition) is 0. The third-order valence-electron chi connectivity index (χ3n) is 3.73. The molecule has 2 aliphatic rings. The first-order valence-electron chi connectivity index (χ1n) is 6.01. The van der Waals surface area contributed by atoms with Crippen molar-refractivity contribution in [2.24, 2.45) is 0 Å². The summed E-state index contributed by atoms with van der Waals surface area (Å²) < 4.78 is 5.79. The fourth-order valence-corrected chi connectivity index (χ4v) is 2.12. The van der Waals surface area contributed by atoms with Gasteiger partial charge in [-0.2, -0.15) is 5.26 Å². The van der Waals surface area contributed by atoms with Crippen LogP contribution < -0.4 is 4.74 Å². The van der Waals surface area contributed by atoms with E-state index in [4.69, 9.17) is 10.00 Å². The normalized spacial score (nSPS) is 21.9. The molecule has 0 saturated heterocycles. The molecule has 3 rings (SSSR count). The van der Waals surface area contributed by atoms with Crippen molar-refractivity contribution in [1.29, 1.82) is 5.26 Å². The van der Waals surface area contributed by atoms with Crippen LogP contribution in [0.15, 0.2) is 24.3 Å². The molecular weight excluding hydrogens is 198 g/mol. The minimum absolute atomic E-state index is 0.172. The Morgan fingerprint density at radius 2 is 1.88 bits per heavy atom. The van der Waals surface area contributed by atoms with Crippen LogP contribution in [0.3, 0.4) is 0 Å². The lowest BCUT2D eigenvalue weighted by Crippen LogP contribution is -2.24. The molecule has 2 fully saturated rings. The monoisotopic (exact) mass is 213 g/mol. The van der Waals surface area contributed by atoms with Crippen LogP contribution >= 0.6 is 0 Å². The predicted octanol–water partition coefficient (Wildman–Crippen LogP) is 3.17. The van der Waals surface area contributed by atoms with Gasteiger partial charge in [0.15, 0.2) is 0 Å². The van der Waals surface area contributed by atoms with Gasteiger partial charge in [0.1, 0.15) is 5.75 Å². The van der Waals surface area contributed by atoms with Crippen molar-refractivity contribution in [3.05, 3.63) is 29.8 Å². The highest BCUT2D eigenvalue weighted by molar-refractivity contribution is 5.41. The Bertz CT molecular complexity index is 421. The van der Waals surface area contributed by atoms with Gasteiger partial charge in [-0.1, -0.05) is 12.1 Å². The summed E-state index contributed by atoms with van der Waals surface area (Å²) in [5.41, 5.74) is 0.977. The summed E-state index contributed by atoms with van der Waals surface area (Å²) in [6, 6.07) is 10.5. The third kappa shape index (κ3) is 1.57. The first kappa shape index (κ1) is 9.72. The molecule has 0 aliphatic heterocycles. The Hall–Kier alpha value is -1.49. The quantitative estimate of drug-likeness (QED) is 0.772.